The predicted molar refractivity (Wildman–Crippen MR) is 58.9 cm³/mol. The molecule has 0 spiro atoms. The molecule has 1 aliphatic carbocycles. The summed E-state index contributed by atoms with van der Waals surface area (Å²) in [5, 5.41) is 0. The number of carbonyl (C=O) groups excluding carboxylic acids is 1. The smallest absolute Gasteiger partial charge is 0.221 e. The lowest BCUT2D eigenvalue weighted by atomic mass is 9.92. The topological polar surface area (TPSA) is 48.4 Å². The minimum atomic E-state index is -0.426. The third-order valence-corrected chi connectivity index (χ3v) is 3.19. The van der Waals surface area contributed by atoms with Gasteiger partial charge in [-0.15, -0.1) is 0 Å². The molecule has 0 N–H and O–H groups in total. The van der Waals surface area contributed by atoms with Gasteiger partial charge in [0.2, 0.25) is 5.88 Å². The summed E-state index contributed by atoms with van der Waals surface area (Å²) in [6, 6.07) is 1.76. The molecule has 0 aromatic carbocycles. The van der Waals surface area contributed by atoms with Gasteiger partial charge in [-0.1, -0.05) is 0 Å². The second kappa shape index (κ2) is 3.77. The molecule has 4 nitrogen and oxygen atoms in total. The number of aromatic nitrogens is 1. The van der Waals surface area contributed by atoms with Crippen LogP contribution in [0.5, 0.6) is 11.6 Å². The normalized spacial score (nSPS) is 16.7. The zero-order valence-electron chi connectivity index (χ0n) is 9.74. The number of hydrogen-bond acceptors (Lipinski definition) is 4. The highest BCUT2D eigenvalue weighted by Crippen LogP contribution is 2.54. The molecule has 1 aromatic heterocycles. The highest BCUT2D eigenvalue weighted by molar-refractivity contribution is 5.92. The van der Waals surface area contributed by atoms with Crippen molar-refractivity contribution in [2.24, 2.45) is 0 Å². The number of carbonyl (C=O) groups is 1. The standard InChI is InChI=1S/C12H15NO3/c1-8(14)12(5-6-12)10-9(15-2)4-7-13-11(10)16-3/h4,7H,5-6H2,1-3H3. The van der Waals surface area contributed by atoms with Gasteiger partial charge >= 0.3 is 0 Å². The van der Waals surface area contributed by atoms with Gasteiger partial charge < -0.3 is 9.47 Å². The van der Waals surface area contributed by atoms with Crippen molar-refractivity contribution in [3.63, 3.8) is 0 Å². The first-order valence-electron chi connectivity index (χ1n) is 5.24. The Labute approximate surface area is 94.6 Å². The van der Waals surface area contributed by atoms with E-state index in [2.05, 4.69) is 4.98 Å². The second-order valence-corrected chi connectivity index (χ2v) is 4.04. The Bertz CT molecular complexity index is 402. The fourth-order valence-electron chi connectivity index (χ4n) is 2.09. The van der Waals surface area contributed by atoms with Crippen LogP contribution in [0.15, 0.2) is 12.3 Å². The van der Waals surface area contributed by atoms with Crippen molar-refractivity contribution in [2.45, 2.75) is 25.2 Å². The van der Waals surface area contributed by atoms with Crippen LogP contribution in [0.25, 0.3) is 0 Å². The number of rotatable bonds is 4. The molecule has 0 atom stereocenters. The van der Waals surface area contributed by atoms with Crippen LogP contribution in [0.4, 0.5) is 0 Å². The Kier molecular flexibility index (Phi) is 2.58. The molecule has 1 saturated carbocycles. The first-order chi connectivity index (χ1) is 7.65. The van der Waals surface area contributed by atoms with Crippen molar-refractivity contribution < 1.29 is 14.3 Å². The summed E-state index contributed by atoms with van der Waals surface area (Å²) >= 11 is 0. The first kappa shape index (κ1) is 10.9. The Morgan fingerprint density at radius 3 is 2.50 bits per heavy atom. The molecule has 16 heavy (non-hydrogen) atoms. The predicted octanol–water partition coefficient (Wildman–Crippen LogP) is 1.72. The lowest BCUT2D eigenvalue weighted by Crippen LogP contribution is -2.19. The first-order valence-corrected chi connectivity index (χ1v) is 5.24. The number of methoxy groups -OCH3 is 2. The highest BCUT2D eigenvalue weighted by Gasteiger charge is 2.52. The molecule has 0 saturated heterocycles. The van der Waals surface area contributed by atoms with E-state index in [0.717, 1.165) is 18.4 Å². The number of pyridine rings is 1. The molecule has 1 aromatic rings. The van der Waals surface area contributed by atoms with Crippen LogP contribution < -0.4 is 9.47 Å². The Hall–Kier alpha value is -1.58. The fourth-order valence-corrected chi connectivity index (χ4v) is 2.09. The molecular formula is C12H15NO3. The monoisotopic (exact) mass is 221 g/mol. The van der Waals surface area contributed by atoms with E-state index in [1.165, 1.54) is 0 Å². The van der Waals surface area contributed by atoms with Crippen LogP contribution in [0.2, 0.25) is 0 Å². The SMILES string of the molecule is COc1ccnc(OC)c1C1(C(C)=O)CC1. The molecular weight excluding hydrogens is 206 g/mol. The summed E-state index contributed by atoms with van der Waals surface area (Å²) in [6.07, 6.45) is 3.32. The van der Waals surface area contributed by atoms with E-state index in [4.69, 9.17) is 9.47 Å². The lowest BCUT2D eigenvalue weighted by molar-refractivity contribution is -0.119. The minimum Gasteiger partial charge on any atom is -0.496 e. The van der Waals surface area contributed by atoms with Crippen LogP contribution >= 0.6 is 0 Å². The third kappa shape index (κ3) is 1.45. The lowest BCUT2D eigenvalue weighted by Gasteiger charge is -2.18. The Morgan fingerprint density at radius 1 is 1.38 bits per heavy atom. The summed E-state index contributed by atoms with van der Waals surface area (Å²) in [5.74, 6) is 1.32. The van der Waals surface area contributed by atoms with Gasteiger partial charge in [-0.2, -0.15) is 0 Å². The molecule has 1 fully saturated rings. The quantitative estimate of drug-likeness (QED) is 0.776. The van der Waals surface area contributed by atoms with Gasteiger partial charge in [0.25, 0.3) is 0 Å². The van der Waals surface area contributed by atoms with Gasteiger partial charge in [-0.25, -0.2) is 4.98 Å². The molecule has 0 bridgehead atoms. The summed E-state index contributed by atoms with van der Waals surface area (Å²) in [5.41, 5.74) is 0.373. The number of hydrogen-bond donors (Lipinski definition) is 0. The fraction of sp³-hybridized carbons (Fsp3) is 0.500. The van der Waals surface area contributed by atoms with E-state index in [0.29, 0.717) is 11.6 Å². The van der Waals surface area contributed by atoms with Crippen LogP contribution in [0.3, 0.4) is 0 Å². The van der Waals surface area contributed by atoms with Gasteiger partial charge in [0, 0.05) is 6.20 Å². The number of ketones is 1. The molecule has 4 heteroatoms. The molecule has 1 aliphatic rings. The molecule has 0 aliphatic heterocycles. The average molecular weight is 221 g/mol. The van der Waals surface area contributed by atoms with Crippen LogP contribution in [-0.2, 0) is 10.2 Å². The zero-order valence-corrected chi connectivity index (χ0v) is 9.74. The summed E-state index contributed by atoms with van der Waals surface area (Å²) < 4.78 is 10.5. The number of nitrogens with zero attached hydrogens (tertiary/aromatic N) is 1. The maximum absolute atomic E-state index is 11.7. The van der Waals surface area contributed by atoms with Gasteiger partial charge in [0.05, 0.1) is 25.2 Å². The van der Waals surface area contributed by atoms with Crippen molar-refractivity contribution in [3.05, 3.63) is 17.8 Å². The van der Waals surface area contributed by atoms with Gasteiger partial charge in [-0.3, -0.25) is 4.79 Å². The maximum Gasteiger partial charge on any atom is 0.221 e. The largest absolute Gasteiger partial charge is 0.496 e. The van der Waals surface area contributed by atoms with Gasteiger partial charge in [0.1, 0.15) is 11.5 Å². The second-order valence-electron chi connectivity index (χ2n) is 4.04. The van der Waals surface area contributed by atoms with E-state index < -0.39 is 5.41 Å². The Balaban J connectivity index is 2.57. The van der Waals surface area contributed by atoms with E-state index in [1.54, 1.807) is 33.4 Å². The van der Waals surface area contributed by atoms with Crippen molar-refractivity contribution in [2.75, 3.05) is 14.2 Å². The van der Waals surface area contributed by atoms with E-state index >= 15 is 0 Å². The zero-order chi connectivity index (χ0) is 11.8. The van der Waals surface area contributed by atoms with Gasteiger partial charge in [-0.05, 0) is 25.8 Å². The van der Waals surface area contributed by atoms with Crippen molar-refractivity contribution >= 4 is 5.78 Å². The molecule has 86 valence electrons. The summed E-state index contributed by atoms with van der Waals surface area (Å²) in [7, 11) is 3.15. The third-order valence-electron chi connectivity index (χ3n) is 3.19. The molecule has 0 amide bonds. The summed E-state index contributed by atoms with van der Waals surface area (Å²) in [6.45, 7) is 1.61. The Morgan fingerprint density at radius 2 is 2.06 bits per heavy atom. The average Bonchev–Trinajstić information content (AvgIpc) is 3.09. The van der Waals surface area contributed by atoms with Crippen molar-refractivity contribution in [1.82, 2.24) is 4.98 Å². The molecule has 1 heterocycles. The van der Waals surface area contributed by atoms with Crippen LogP contribution in [-0.4, -0.2) is 25.0 Å². The maximum atomic E-state index is 11.7. The number of Topliss-reactive ketones (excluding diaryl/α,β-unsaturated/α-hetero) is 1. The number of ether oxygens (including phenoxy) is 2. The molecule has 0 unspecified atom stereocenters. The minimum absolute atomic E-state index is 0.150. The van der Waals surface area contributed by atoms with Crippen LogP contribution in [0.1, 0.15) is 25.3 Å². The van der Waals surface area contributed by atoms with Gasteiger partial charge in [0.15, 0.2) is 0 Å². The van der Waals surface area contributed by atoms with E-state index in [-0.39, 0.29) is 5.78 Å². The molecule has 0 radical (unpaired) electrons. The van der Waals surface area contributed by atoms with Crippen molar-refractivity contribution in [1.29, 1.82) is 0 Å². The molecule has 2 rings (SSSR count). The highest BCUT2D eigenvalue weighted by atomic mass is 16.5. The van der Waals surface area contributed by atoms with E-state index in [1.807, 2.05) is 0 Å². The van der Waals surface area contributed by atoms with Crippen LogP contribution in [0, 0.1) is 0 Å². The van der Waals surface area contributed by atoms with E-state index in [9.17, 15) is 4.79 Å². The summed E-state index contributed by atoms with van der Waals surface area (Å²) in [4.78, 5) is 15.9. The van der Waals surface area contributed by atoms with Crippen molar-refractivity contribution in [3.8, 4) is 11.6 Å².